The molecule has 0 bridgehead atoms. The van der Waals surface area contributed by atoms with Gasteiger partial charge in [0.05, 0.1) is 6.54 Å². The minimum absolute atomic E-state index is 0.121. The van der Waals surface area contributed by atoms with E-state index in [1.54, 1.807) is 19.3 Å². The standard InChI is InChI=1S/C11H14N2O2/c1-9(14)13-7-4-11(8-13)15-10-2-5-12-6-3-10/h2-3,5-6,11H,4,7-8H2,1H3/t11-/m1/s1. The van der Waals surface area contributed by atoms with Crippen molar-refractivity contribution in [1.82, 2.24) is 9.88 Å². The molecule has 2 rings (SSSR count). The van der Waals surface area contributed by atoms with Crippen molar-refractivity contribution in [3.63, 3.8) is 0 Å². The minimum atomic E-state index is 0.121. The first-order valence-corrected chi connectivity index (χ1v) is 5.08. The third-order valence-corrected chi connectivity index (χ3v) is 2.54. The van der Waals surface area contributed by atoms with Gasteiger partial charge in [-0.1, -0.05) is 0 Å². The van der Waals surface area contributed by atoms with Gasteiger partial charge in [0, 0.05) is 32.3 Å². The molecule has 0 spiro atoms. The van der Waals surface area contributed by atoms with Gasteiger partial charge in [0.25, 0.3) is 0 Å². The number of aromatic nitrogens is 1. The monoisotopic (exact) mass is 206 g/mol. The number of carbonyl (C=O) groups is 1. The number of amides is 1. The molecule has 0 N–H and O–H groups in total. The SMILES string of the molecule is CC(=O)N1CC[C@@H](Oc2ccncc2)C1. The molecule has 15 heavy (non-hydrogen) atoms. The van der Waals surface area contributed by atoms with E-state index >= 15 is 0 Å². The van der Waals surface area contributed by atoms with E-state index in [1.807, 2.05) is 17.0 Å². The quantitative estimate of drug-likeness (QED) is 0.727. The second-order valence-electron chi connectivity index (χ2n) is 3.68. The van der Waals surface area contributed by atoms with Crippen molar-refractivity contribution in [2.75, 3.05) is 13.1 Å². The number of likely N-dealkylation sites (tertiary alicyclic amines) is 1. The van der Waals surface area contributed by atoms with E-state index in [4.69, 9.17) is 4.74 Å². The maximum atomic E-state index is 11.1. The van der Waals surface area contributed by atoms with Crippen molar-refractivity contribution in [3.8, 4) is 5.75 Å². The van der Waals surface area contributed by atoms with Gasteiger partial charge >= 0.3 is 0 Å². The average Bonchev–Trinajstić information content (AvgIpc) is 2.68. The maximum absolute atomic E-state index is 11.1. The van der Waals surface area contributed by atoms with E-state index in [0.717, 1.165) is 18.7 Å². The fourth-order valence-electron chi connectivity index (χ4n) is 1.72. The van der Waals surface area contributed by atoms with Crippen LogP contribution in [-0.4, -0.2) is 35.0 Å². The zero-order valence-electron chi connectivity index (χ0n) is 8.72. The third kappa shape index (κ3) is 2.46. The Labute approximate surface area is 88.9 Å². The Morgan fingerprint density at radius 3 is 2.87 bits per heavy atom. The molecule has 2 heterocycles. The van der Waals surface area contributed by atoms with Gasteiger partial charge in [0.1, 0.15) is 11.9 Å². The first kappa shape index (κ1) is 9.96. The Hall–Kier alpha value is -1.58. The number of pyridine rings is 1. The Morgan fingerprint density at radius 2 is 2.27 bits per heavy atom. The zero-order valence-corrected chi connectivity index (χ0v) is 8.72. The van der Waals surface area contributed by atoms with Crippen molar-refractivity contribution >= 4 is 5.91 Å². The van der Waals surface area contributed by atoms with E-state index in [-0.39, 0.29) is 12.0 Å². The van der Waals surface area contributed by atoms with Crippen molar-refractivity contribution in [3.05, 3.63) is 24.5 Å². The third-order valence-electron chi connectivity index (χ3n) is 2.54. The molecule has 1 aromatic rings. The topological polar surface area (TPSA) is 42.4 Å². The highest BCUT2D eigenvalue weighted by Gasteiger charge is 2.25. The lowest BCUT2D eigenvalue weighted by atomic mass is 10.3. The summed E-state index contributed by atoms with van der Waals surface area (Å²) in [6.45, 7) is 3.08. The molecule has 0 aliphatic carbocycles. The zero-order chi connectivity index (χ0) is 10.7. The fourth-order valence-corrected chi connectivity index (χ4v) is 1.72. The number of nitrogens with zero attached hydrogens (tertiary/aromatic N) is 2. The summed E-state index contributed by atoms with van der Waals surface area (Å²) in [6, 6.07) is 3.66. The molecule has 0 aromatic carbocycles. The van der Waals surface area contributed by atoms with Crippen LogP contribution in [0.15, 0.2) is 24.5 Å². The fraction of sp³-hybridized carbons (Fsp3) is 0.455. The second kappa shape index (κ2) is 4.29. The molecule has 1 aromatic heterocycles. The van der Waals surface area contributed by atoms with Gasteiger partial charge < -0.3 is 9.64 Å². The Kier molecular flexibility index (Phi) is 2.85. The van der Waals surface area contributed by atoms with Crippen molar-refractivity contribution in [2.24, 2.45) is 0 Å². The Bertz CT molecular complexity index is 340. The highest BCUT2D eigenvalue weighted by molar-refractivity contribution is 5.73. The normalized spacial score (nSPS) is 20.3. The molecule has 4 nitrogen and oxygen atoms in total. The molecule has 1 aliphatic rings. The summed E-state index contributed by atoms with van der Waals surface area (Å²) in [4.78, 5) is 16.8. The van der Waals surface area contributed by atoms with Gasteiger partial charge in [-0.25, -0.2) is 0 Å². The maximum Gasteiger partial charge on any atom is 0.219 e. The van der Waals surface area contributed by atoms with Crippen LogP contribution in [0, 0.1) is 0 Å². The van der Waals surface area contributed by atoms with Gasteiger partial charge in [0.15, 0.2) is 0 Å². The van der Waals surface area contributed by atoms with Gasteiger partial charge in [-0.15, -0.1) is 0 Å². The summed E-state index contributed by atoms with van der Waals surface area (Å²) in [5, 5.41) is 0. The smallest absolute Gasteiger partial charge is 0.219 e. The molecule has 1 saturated heterocycles. The van der Waals surface area contributed by atoms with Crippen LogP contribution in [0.1, 0.15) is 13.3 Å². The molecule has 1 atom stereocenters. The molecule has 0 saturated carbocycles. The summed E-state index contributed by atoms with van der Waals surface area (Å²) in [7, 11) is 0. The van der Waals surface area contributed by atoms with Crippen molar-refractivity contribution < 1.29 is 9.53 Å². The predicted molar refractivity (Wildman–Crippen MR) is 55.5 cm³/mol. The van der Waals surface area contributed by atoms with Crippen LogP contribution in [0.3, 0.4) is 0 Å². The molecule has 80 valence electrons. The lowest BCUT2D eigenvalue weighted by Crippen LogP contribution is -2.28. The molecule has 0 unspecified atom stereocenters. The lowest BCUT2D eigenvalue weighted by molar-refractivity contribution is -0.128. The van der Waals surface area contributed by atoms with Crippen molar-refractivity contribution in [1.29, 1.82) is 0 Å². The first-order valence-electron chi connectivity index (χ1n) is 5.08. The summed E-state index contributed by atoms with van der Waals surface area (Å²) in [6.07, 6.45) is 4.43. The second-order valence-corrected chi connectivity index (χ2v) is 3.68. The van der Waals surface area contributed by atoms with Crippen LogP contribution in [0.2, 0.25) is 0 Å². The summed E-state index contributed by atoms with van der Waals surface area (Å²) in [5.74, 6) is 0.941. The summed E-state index contributed by atoms with van der Waals surface area (Å²) >= 11 is 0. The Balaban J connectivity index is 1.90. The van der Waals surface area contributed by atoms with Crippen LogP contribution in [0.4, 0.5) is 0 Å². The number of ether oxygens (including phenoxy) is 1. The molecular weight excluding hydrogens is 192 g/mol. The molecule has 1 aliphatic heterocycles. The molecular formula is C11H14N2O2. The van der Waals surface area contributed by atoms with E-state index < -0.39 is 0 Å². The average molecular weight is 206 g/mol. The largest absolute Gasteiger partial charge is 0.488 e. The number of hydrogen-bond donors (Lipinski definition) is 0. The molecule has 0 radical (unpaired) electrons. The first-order chi connectivity index (χ1) is 7.25. The number of hydrogen-bond acceptors (Lipinski definition) is 3. The van der Waals surface area contributed by atoms with Crippen LogP contribution in [-0.2, 0) is 4.79 Å². The van der Waals surface area contributed by atoms with Gasteiger partial charge in [-0.3, -0.25) is 9.78 Å². The summed E-state index contributed by atoms with van der Waals surface area (Å²) < 4.78 is 5.72. The van der Waals surface area contributed by atoms with E-state index in [9.17, 15) is 4.79 Å². The molecule has 1 fully saturated rings. The number of rotatable bonds is 2. The van der Waals surface area contributed by atoms with Crippen LogP contribution >= 0.6 is 0 Å². The van der Waals surface area contributed by atoms with Gasteiger partial charge in [-0.05, 0) is 12.1 Å². The van der Waals surface area contributed by atoms with Gasteiger partial charge in [-0.2, -0.15) is 0 Å². The highest BCUT2D eigenvalue weighted by atomic mass is 16.5. The molecule has 1 amide bonds. The van der Waals surface area contributed by atoms with Crippen molar-refractivity contribution in [2.45, 2.75) is 19.4 Å². The minimum Gasteiger partial charge on any atom is -0.488 e. The van der Waals surface area contributed by atoms with Crippen LogP contribution < -0.4 is 4.74 Å². The predicted octanol–water partition coefficient (Wildman–Crippen LogP) is 1.08. The van der Waals surface area contributed by atoms with E-state index in [1.165, 1.54) is 0 Å². The highest BCUT2D eigenvalue weighted by Crippen LogP contribution is 2.17. The van der Waals surface area contributed by atoms with E-state index in [0.29, 0.717) is 6.54 Å². The molecule has 4 heteroatoms. The number of carbonyl (C=O) groups excluding carboxylic acids is 1. The van der Waals surface area contributed by atoms with Crippen LogP contribution in [0.25, 0.3) is 0 Å². The van der Waals surface area contributed by atoms with E-state index in [2.05, 4.69) is 4.98 Å². The lowest BCUT2D eigenvalue weighted by Gasteiger charge is -2.15. The van der Waals surface area contributed by atoms with Crippen LogP contribution in [0.5, 0.6) is 5.75 Å². The van der Waals surface area contributed by atoms with Gasteiger partial charge in [0.2, 0.25) is 5.91 Å². The Morgan fingerprint density at radius 1 is 1.53 bits per heavy atom. The summed E-state index contributed by atoms with van der Waals surface area (Å²) in [5.41, 5.74) is 0.